The number of fused-ring (bicyclic) bond motifs is 7. The Hall–Kier alpha value is -9.50. The van der Waals surface area contributed by atoms with Crippen molar-refractivity contribution in [3.63, 3.8) is 0 Å². The van der Waals surface area contributed by atoms with Crippen molar-refractivity contribution in [3.05, 3.63) is 313 Å². The van der Waals surface area contributed by atoms with Gasteiger partial charge >= 0.3 is 0 Å². The lowest BCUT2D eigenvalue weighted by molar-refractivity contribution is 0.768. The van der Waals surface area contributed by atoms with E-state index in [4.69, 9.17) is 0 Å². The minimum Gasteiger partial charge on any atom is -0.310 e. The third-order valence-corrected chi connectivity index (χ3v) is 15.3. The van der Waals surface area contributed by atoms with Gasteiger partial charge in [0.15, 0.2) is 0 Å². The van der Waals surface area contributed by atoms with Crippen molar-refractivity contribution in [1.29, 1.82) is 0 Å². The van der Waals surface area contributed by atoms with Gasteiger partial charge in [0, 0.05) is 33.5 Å². The topological polar surface area (TPSA) is 8.17 Å². The first-order valence-corrected chi connectivity index (χ1v) is 25.2. The fourth-order valence-electron chi connectivity index (χ4n) is 11.9. The number of nitrogens with zero attached hydrogens (tertiary/aromatic N) is 2. The highest BCUT2D eigenvalue weighted by atomic mass is 15.1. The third kappa shape index (κ3) is 7.02. The summed E-state index contributed by atoms with van der Waals surface area (Å²) in [6.45, 7) is 0. The van der Waals surface area contributed by atoms with Crippen LogP contribution in [0.4, 0.5) is 17.1 Å². The van der Waals surface area contributed by atoms with Crippen LogP contribution >= 0.6 is 0 Å². The van der Waals surface area contributed by atoms with Gasteiger partial charge in [-0.15, -0.1) is 0 Å². The smallest absolute Gasteiger partial charge is 0.0714 e. The van der Waals surface area contributed by atoms with E-state index in [0.29, 0.717) is 0 Å². The van der Waals surface area contributed by atoms with E-state index in [1.54, 1.807) is 0 Å². The van der Waals surface area contributed by atoms with Crippen molar-refractivity contribution in [3.8, 4) is 50.2 Å². The van der Waals surface area contributed by atoms with Crippen LogP contribution in [-0.4, -0.2) is 4.57 Å². The molecule has 0 aliphatic heterocycles. The SMILES string of the molecule is c1ccc(-n2c3ccccc3c3cc(-c4cccc(-c5ccc(N(c6ccc(-c7ccc8ccccc8c7)cc6)c6ccc7c(c6)C(c6ccccc6)(c6ccccc6)c6ccccc6-7)cc5)c4)ccc32)cc1. The van der Waals surface area contributed by atoms with Crippen LogP contribution < -0.4 is 4.90 Å². The second-order valence-corrected chi connectivity index (χ2v) is 19.2. The monoisotopic (exact) mass is 928 g/mol. The normalized spacial score (nSPS) is 12.5. The molecule has 0 amide bonds. The number of anilines is 3. The molecule has 0 fully saturated rings. The van der Waals surface area contributed by atoms with E-state index in [0.717, 1.165) is 28.3 Å². The summed E-state index contributed by atoms with van der Waals surface area (Å²) >= 11 is 0. The van der Waals surface area contributed by atoms with Gasteiger partial charge < -0.3 is 9.47 Å². The highest BCUT2D eigenvalue weighted by Gasteiger charge is 2.46. The molecule has 1 aliphatic carbocycles. The Morgan fingerprint density at radius 2 is 0.781 bits per heavy atom. The number of hydrogen-bond acceptors (Lipinski definition) is 1. The second-order valence-electron chi connectivity index (χ2n) is 19.2. The lowest BCUT2D eigenvalue weighted by atomic mass is 9.67. The maximum atomic E-state index is 2.46. The average molecular weight is 929 g/mol. The predicted molar refractivity (Wildman–Crippen MR) is 307 cm³/mol. The molecule has 12 aromatic carbocycles. The number of para-hydroxylation sites is 2. The molecule has 14 rings (SSSR count). The van der Waals surface area contributed by atoms with Crippen LogP contribution in [0.3, 0.4) is 0 Å². The minimum atomic E-state index is -0.519. The van der Waals surface area contributed by atoms with E-state index >= 15 is 0 Å². The van der Waals surface area contributed by atoms with Crippen molar-refractivity contribution < 1.29 is 0 Å². The second kappa shape index (κ2) is 17.4. The lowest BCUT2D eigenvalue weighted by Crippen LogP contribution is -2.28. The zero-order valence-corrected chi connectivity index (χ0v) is 40.1. The number of rotatable bonds is 9. The first-order valence-electron chi connectivity index (χ1n) is 25.2. The van der Waals surface area contributed by atoms with E-state index in [1.165, 1.54) is 93.8 Å². The van der Waals surface area contributed by atoms with E-state index in [2.05, 4.69) is 301 Å². The summed E-state index contributed by atoms with van der Waals surface area (Å²) in [5, 5.41) is 4.98. The average Bonchev–Trinajstić information content (AvgIpc) is 3.96. The lowest BCUT2D eigenvalue weighted by Gasteiger charge is -2.35. The maximum absolute atomic E-state index is 2.46. The van der Waals surface area contributed by atoms with Gasteiger partial charge in [-0.1, -0.05) is 212 Å². The number of benzene rings is 12. The van der Waals surface area contributed by atoms with Crippen molar-refractivity contribution >= 4 is 49.6 Å². The predicted octanol–water partition coefficient (Wildman–Crippen LogP) is 18.8. The summed E-state index contributed by atoms with van der Waals surface area (Å²) in [6.07, 6.45) is 0. The Bertz CT molecular complexity index is 4130. The molecule has 73 heavy (non-hydrogen) atoms. The molecule has 13 aromatic rings. The van der Waals surface area contributed by atoms with Crippen LogP contribution in [-0.2, 0) is 5.41 Å². The fraction of sp³-hybridized carbons (Fsp3) is 0.0141. The van der Waals surface area contributed by atoms with Gasteiger partial charge in [0.1, 0.15) is 0 Å². The largest absolute Gasteiger partial charge is 0.310 e. The highest BCUT2D eigenvalue weighted by Crippen LogP contribution is 2.57. The molecule has 342 valence electrons. The van der Waals surface area contributed by atoms with Crippen LogP contribution in [0.2, 0.25) is 0 Å². The summed E-state index contributed by atoms with van der Waals surface area (Å²) in [5.41, 5.74) is 21.0. The third-order valence-electron chi connectivity index (χ3n) is 15.3. The van der Waals surface area contributed by atoms with Crippen LogP contribution in [0, 0.1) is 0 Å². The quantitative estimate of drug-likeness (QED) is 0.140. The van der Waals surface area contributed by atoms with Crippen LogP contribution in [0.1, 0.15) is 22.3 Å². The molecule has 0 N–H and O–H groups in total. The number of hydrogen-bond donors (Lipinski definition) is 0. The fourth-order valence-corrected chi connectivity index (χ4v) is 11.9. The molecule has 0 spiro atoms. The zero-order valence-electron chi connectivity index (χ0n) is 40.1. The molecule has 1 aromatic heterocycles. The zero-order chi connectivity index (χ0) is 48.3. The van der Waals surface area contributed by atoms with Crippen LogP contribution in [0.15, 0.2) is 291 Å². The van der Waals surface area contributed by atoms with Crippen molar-refractivity contribution in [2.45, 2.75) is 5.41 Å². The van der Waals surface area contributed by atoms with Crippen molar-refractivity contribution in [2.75, 3.05) is 4.90 Å². The van der Waals surface area contributed by atoms with Gasteiger partial charge in [-0.2, -0.15) is 0 Å². The van der Waals surface area contributed by atoms with Crippen LogP contribution in [0.25, 0.3) is 82.8 Å². The summed E-state index contributed by atoms with van der Waals surface area (Å²) in [5.74, 6) is 0. The molecule has 0 bridgehead atoms. The molecular formula is C71H48N2. The van der Waals surface area contributed by atoms with Gasteiger partial charge in [0.2, 0.25) is 0 Å². The Morgan fingerprint density at radius 1 is 0.274 bits per heavy atom. The van der Waals surface area contributed by atoms with Gasteiger partial charge in [0.25, 0.3) is 0 Å². The Balaban J connectivity index is 0.881. The van der Waals surface area contributed by atoms with Crippen molar-refractivity contribution in [2.24, 2.45) is 0 Å². The summed E-state index contributed by atoms with van der Waals surface area (Å²) < 4.78 is 2.37. The molecule has 1 aliphatic rings. The Kier molecular flexibility index (Phi) is 10.1. The molecular weight excluding hydrogens is 881 g/mol. The first kappa shape index (κ1) is 42.4. The Morgan fingerprint density at radius 3 is 1.49 bits per heavy atom. The van der Waals surface area contributed by atoms with Gasteiger partial charge in [-0.3, -0.25) is 0 Å². The van der Waals surface area contributed by atoms with E-state index in [9.17, 15) is 0 Å². The molecule has 0 atom stereocenters. The number of aromatic nitrogens is 1. The summed E-state index contributed by atoms with van der Waals surface area (Å²) in [7, 11) is 0. The molecule has 2 heteroatoms. The van der Waals surface area contributed by atoms with Crippen LogP contribution in [0.5, 0.6) is 0 Å². The van der Waals surface area contributed by atoms with Crippen molar-refractivity contribution in [1.82, 2.24) is 4.57 Å². The molecule has 1 heterocycles. The maximum Gasteiger partial charge on any atom is 0.0714 e. The van der Waals surface area contributed by atoms with E-state index < -0.39 is 5.41 Å². The first-order chi connectivity index (χ1) is 36.2. The summed E-state index contributed by atoms with van der Waals surface area (Å²) in [6, 6.07) is 107. The molecule has 0 saturated carbocycles. The molecule has 2 nitrogen and oxygen atoms in total. The van der Waals surface area contributed by atoms with Gasteiger partial charge in [-0.05, 0) is 156 Å². The summed E-state index contributed by atoms with van der Waals surface area (Å²) in [4.78, 5) is 2.43. The highest BCUT2D eigenvalue weighted by molar-refractivity contribution is 6.10. The van der Waals surface area contributed by atoms with E-state index in [-0.39, 0.29) is 0 Å². The van der Waals surface area contributed by atoms with E-state index in [1.807, 2.05) is 0 Å². The molecule has 0 saturated heterocycles. The standard InChI is InChI=1S/C71H48N2/c1-4-21-57(22-5-1)71(58-23-6-2-7-24-58)67-29-14-12-27-63(67)64-43-42-62(48-68(64)71)72(61-40-35-51(36-41-61)55-32-31-49-17-10-11-18-52(49)46-55)60-38-33-50(34-39-60)53-19-16-20-54(45-53)56-37-44-70-66(47-56)65-28-13-15-30-69(65)73(70)59-25-8-3-9-26-59/h1-48H. The van der Waals surface area contributed by atoms with Gasteiger partial charge in [0.05, 0.1) is 16.4 Å². The minimum absolute atomic E-state index is 0.519. The molecule has 0 unspecified atom stereocenters. The van der Waals surface area contributed by atoms with Gasteiger partial charge in [-0.25, -0.2) is 0 Å². The molecule has 0 radical (unpaired) electrons. The Labute approximate surface area is 426 Å².